The fourth-order valence-corrected chi connectivity index (χ4v) is 0. The first-order chi connectivity index (χ1) is 1.00. The molecular formula is CH3CaCoN. The van der Waals surface area contributed by atoms with E-state index >= 15 is 0 Å². The predicted octanol–water partition coefficient (Wildman–Crippen LogP) is -0.0185. The van der Waals surface area contributed by atoms with Crippen molar-refractivity contribution in [2.45, 2.75) is 0 Å². The van der Waals surface area contributed by atoms with Crippen molar-refractivity contribution in [2.24, 2.45) is 0 Å². The van der Waals surface area contributed by atoms with Crippen LogP contribution in [0.3, 0.4) is 0 Å². The van der Waals surface area contributed by atoms with Crippen LogP contribution in [0, 0.1) is 11.8 Å². The van der Waals surface area contributed by atoms with Crippen molar-refractivity contribution < 1.29 is 19.6 Å². The molecule has 0 aliphatic carbocycles. The maximum atomic E-state index is 6.50. The average molecular weight is 128 g/mol. The van der Waals surface area contributed by atoms with Gasteiger partial charge in [0.1, 0.15) is 0 Å². The molecule has 0 N–H and O–H groups in total. The van der Waals surface area contributed by atoms with Gasteiger partial charge < -0.3 is 2.85 Å². The summed E-state index contributed by atoms with van der Waals surface area (Å²) in [5.74, 6) is 0. The van der Waals surface area contributed by atoms with E-state index in [9.17, 15) is 0 Å². The summed E-state index contributed by atoms with van der Waals surface area (Å²) >= 11 is 0. The Hall–Kier alpha value is 1.26. The zero-order valence-corrected chi connectivity index (χ0v) is 5.31. The number of nitrogens with zero attached hydrogens (tertiary/aromatic N) is 1. The molecule has 0 amide bonds. The molecule has 0 aromatic carbocycles. The molecule has 0 rings (SSSR count). The van der Waals surface area contributed by atoms with Crippen molar-refractivity contribution in [2.75, 3.05) is 0 Å². The Morgan fingerprint density at radius 1 is 1.50 bits per heavy atom. The standard InChI is InChI=1S/CHN.Ca.Co.2H/c1-2;;;;/h1H;;;;/q;+2;;2*-1. The summed E-state index contributed by atoms with van der Waals surface area (Å²) in [5, 5.41) is 6.50. The Morgan fingerprint density at radius 3 is 1.50 bits per heavy atom. The van der Waals surface area contributed by atoms with Gasteiger partial charge in [-0.1, -0.05) is 0 Å². The van der Waals surface area contributed by atoms with Crippen LogP contribution in [0.5, 0.6) is 0 Å². The molecule has 0 spiro atoms. The zero-order valence-electron chi connectivity index (χ0n) is 4.07. The first-order valence-corrected chi connectivity index (χ1v) is 0.258. The SMILES string of the molecule is C#N.[Ca+2].[Co].[H-].[H-]. The molecule has 0 aromatic heterocycles. The van der Waals surface area contributed by atoms with Gasteiger partial charge in [-0.25, -0.2) is 5.26 Å². The van der Waals surface area contributed by atoms with Crippen LogP contribution < -0.4 is 0 Å². The molecule has 0 heterocycles. The van der Waals surface area contributed by atoms with E-state index in [4.69, 9.17) is 5.26 Å². The largest absolute Gasteiger partial charge is 2.00 e. The van der Waals surface area contributed by atoms with E-state index < -0.39 is 0 Å². The van der Waals surface area contributed by atoms with Crippen LogP contribution in [0.4, 0.5) is 0 Å². The van der Waals surface area contributed by atoms with Gasteiger partial charge in [0.05, 0.1) is 0 Å². The number of rotatable bonds is 0. The van der Waals surface area contributed by atoms with Crippen LogP contribution in [0.2, 0.25) is 0 Å². The summed E-state index contributed by atoms with van der Waals surface area (Å²) in [7, 11) is 0. The van der Waals surface area contributed by atoms with E-state index in [1.807, 2.05) is 0 Å². The van der Waals surface area contributed by atoms with Gasteiger partial charge in [0.2, 0.25) is 0 Å². The molecular weight excluding hydrogens is 125 g/mol. The van der Waals surface area contributed by atoms with Gasteiger partial charge in [0, 0.05) is 23.4 Å². The second-order valence-electron chi connectivity index (χ2n) is 0. The van der Waals surface area contributed by atoms with Crippen LogP contribution in [0.1, 0.15) is 2.85 Å². The predicted molar refractivity (Wildman–Crippen MR) is 14.6 cm³/mol. The third kappa shape index (κ3) is 10.5. The number of hydrogen-bond donors (Lipinski definition) is 0. The van der Waals surface area contributed by atoms with Crippen LogP contribution in [-0.4, -0.2) is 37.7 Å². The molecule has 4 heavy (non-hydrogen) atoms. The fraction of sp³-hybridized carbons (Fsp3) is 0. The fourth-order valence-electron chi connectivity index (χ4n) is 0. The maximum absolute atomic E-state index is 6.50. The van der Waals surface area contributed by atoms with E-state index in [1.54, 1.807) is 0 Å². The van der Waals surface area contributed by atoms with E-state index in [2.05, 4.69) is 6.57 Å². The van der Waals surface area contributed by atoms with Crippen LogP contribution in [-0.2, 0) is 16.8 Å². The van der Waals surface area contributed by atoms with Crippen LogP contribution in [0.15, 0.2) is 0 Å². The van der Waals surface area contributed by atoms with Crippen molar-refractivity contribution in [1.29, 1.82) is 5.26 Å². The second-order valence-corrected chi connectivity index (χ2v) is 0. The second kappa shape index (κ2) is 28.6. The van der Waals surface area contributed by atoms with Crippen molar-refractivity contribution in [3.63, 3.8) is 0 Å². The van der Waals surface area contributed by atoms with Gasteiger partial charge in [-0.15, -0.1) is 0 Å². The van der Waals surface area contributed by atoms with Crippen LogP contribution in [0.25, 0.3) is 0 Å². The van der Waals surface area contributed by atoms with Gasteiger partial charge in [0.15, 0.2) is 0 Å². The van der Waals surface area contributed by atoms with Crippen molar-refractivity contribution in [3.05, 3.63) is 0 Å². The van der Waals surface area contributed by atoms with E-state index in [0.717, 1.165) is 0 Å². The molecule has 0 saturated carbocycles. The summed E-state index contributed by atoms with van der Waals surface area (Å²) in [4.78, 5) is 0. The van der Waals surface area contributed by atoms with Gasteiger partial charge in [-0.2, -0.15) is 0 Å². The maximum Gasteiger partial charge on any atom is 2.00 e. The van der Waals surface area contributed by atoms with Crippen molar-refractivity contribution in [1.82, 2.24) is 0 Å². The number of hydrogen-bond acceptors (Lipinski definition) is 1. The molecule has 1 radical (unpaired) electrons. The van der Waals surface area contributed by atoms with Gasteiger partial charge in [-0.3, -0.25) is 0 Å². The summed E-state index contributed by atoms with van der Waals surface area (Å²) in [6, 6.07) is 0. The monoisotopic (exact) mass is 128 g/mol. The molecule has 0 fully saturated rings. The molecule has 0 bridgehead atoms. The molecule has 0 unspecified atom stereocenters. The topological polar surface area (TPSA) is 23.8 Å². The Kier molecular flexibility index (Phi) is 134. The van der Waals surface area contributed by atoms with E-state index in [0.29, 0.717) is 0 Å². The molecule has 0 aliphatic heterocycles. The Bertz CT molecular complexity index is 18.3. The molecule has 1 nitrogen and oxygen atoms in total. The third-order valence-electron chi connectivity index (χ3n) is 0. The van der Waals surface area contributed by atoms with Crippen molar-refractivity contribution in [3.8, 4) is 6.57 Å². The van der Waals surface area contributed by atoms with E-state index in [1.165, 1.54) is 0 Å². The Morgan fingerprint density at radius 2 is 1.50 bits per heavy atom. The average Bonchev–Trinajstić information content (AvgIpc) is 1.00. The first kappa shape index (κ1) is 18.7. The zero-order chi connectivity index (χ0) is 2.00. The summed E-state index contributed by atoms with van der Waals surface area (Å²) < 4.78 is 0. The molecule has 0 aliphatic rings. The quantitative estimate of drug-likeness (QED) is 0.420. The minimum atomic E-state index is 0. The normalized spacial score (nSPS) is 0.500. The number of nitriles is 1. The van der Waals surface area contributed by atoms with Crippen molar-refractivity contribution >= 4 is 37.7 Å². The Balaban J connectivity index is -0.000000000833. The van der Waals surface area contributed by atoms with Gasteiger partial charge in [0.25, 0.3) is 0 Å². The molecule has 23 valence electrons. The summed E-state index contributed by atoms with van der Waals surface area (Å²) in [6.45, 7) is 3.50. The third-order valence-corrected chi connectivity index (χ3v) is 0. The van der Waals surface area contributed by atoms with Gasteiger partial charge >= 0.3 is 37.7 Å². The molecule has 0 atom stereocenters. The van der Waals surface area contributed by atoms with E-state index in [-0.39, 0.29) is 57.4 Å². The molecule has 0 saturated heterocycles. The van der Waals surface area contributed by atoms with Crippen LogP contribution >= 0.6 is 0 Å². The Labute approximate surface area is 68.5 Å². The molecule has 3 heteroatoms. The summed E-state index contributed by atoms with van der Waals surface area (Å²) in [5.41, 5.74) is 0. The minimum Gasteiger partial charge on any atom is -1.00 e. The smallest absolute Gasteiger partial charge is 1.00 e. The van der Waals surface area contributed by atoms with Gasteiger partial charge in [-0.05, 0) is 0 Å². The summed E-state index contributed by atoms with van der Waals surface area (Å²) in [6.07, 6.45) is 0. The first-order valence-electron chi connectivity index (χ1n) is 0.258. The minimum absolute atomic E-state index is 0. The molecule has 0 aromatic rings.